The first-order valence-corrected chi connectivity index (χ1v) is 16.5. The van der Waals surface area contributed by atoms with Gasteiger partial charge in [-0.2, -0.15) is 0 Å². The van der Waals surface area contributed by atoms with E-state index in [1.807, 2.05) is 30.3 Å². The molecule has 9 heteroatoms. The van der Waals surface area contributed by atoms with Crippen LogP contribution in [0.15, 0.2) is 60.7 Å². The Morgan fingerprint density at radius 1 is 0.750 bits per heavy atom. The van der Waals surface area contributed by atoms with Gasteiger partial charge in [0.05, 0.1) is 26.9 Å². The summed E-state index contributed by atoms with van der Waals surface area (Å²) in [6.45, 7) is 1.79. The number of benzene rings is 4. The zero-order valence-corrected chi connectivity index (χ0v) is 28.5. The van der Waals surface area contributed by atoms with Gasteiger partial charge in [-0.1, -0.05) is 18.2 Å². The highest BCUT2D eigenvalue weighted by Gasteiger charge is 2.35. The number of ether oxygens (including phenoxy) is 5. The van der Waals surface area contributed by atoms with Gasteiger partial charge in [-0.15, -0.1) is 0 Å². The van der Waals surface area contributed by atoms with Crippen LogP contribution < -0.4 is 29.0 Å². The van der Waals surface area contributed by atoms with Crippen LogP contribution in [-0.2, 0) is 25.7 Å². The van der Waals surface area contributed by atoms with Crippen molar-refractivity contribution in [3.63, 3.8) is 0 Å². The first kappa shape index (κ1) is 31.8. The van der Waals surface area contributed by atoms with E-state index in [4.69, 9.17) is 23.7 Å². The molecule has 48 heavy (non-hydrogen) atoms. The van der Waals surface area contributed by atoms with Crippen LogP contribution in [0, 0.1) is 0 Å². The molecule has 0 saturated heterocycles. The molecule has 1 amide bonds. The largest absolute Gasteiger partial charge is 0.493 e. The van der Waals surface area contributed by atoms with E-state index in [0.717, 1.165) is 49.0 Å². The minimum absolute atomic E-state index is 0.0667. The summed E-state index contributed by atoms with van der Waals surface area (Å²) in [6.07, 6.45) is 3.20. The minimum Gasteiger partial charge on any atom is -0.493 e. The lowest BCUT2D eigenvalue weighted by Gasteiger charge is -2.37. The van der Waals surface area contributed by atoms with Crippen LogP contribution in [0.5, 0.6) is 40.2 Å². The number of carbonyl (C=O) groups excluding carboxylic acids is 1. The van der Waals surface area contributed by atoms with E-state index in [0.29, 0.717) is 52.2 Å². The van der Waals surface area contributed by atoms with Gasteiger partial charge in [0, 0.05) is 37.8 Å². The zero-order chi connectivity index (χ0) is 33.5. The van der Waals surface area contributed by atoms with Crippen LogP contribution in [0.25, 0.3) is 0 Å². The van der Waals surface area contributed by atoms with Crippen molar-refractivity contribution >= 4 is 5.91 Å². The maximum Gasteiger partial charge on any atom is 0.254 e. The summed E-state index contributed by atoms with van der Waals surface area (Å²) in [4.78, 5) is 17.7. The first-order chi connectivity index (χ1) is 23.3. The number of nitrogens with one attached hydrogen (secondary N) is 1. The van der Waals surface area contributed by atoms with Crippen LogP contribution >= 0.6 is 0 Å². The third-order valence-corrected chi connectivity index (χ3v) is 10.1. The molecule has 4 aliphatic rings. The Kier molecular flexibility index (Phi) is 8.66. The van der Waals surface area contributed by atoms with E-state index in [1.54, 1.807) is 28.4 Å². The Morgan fingerprint density at radius 3 is 2.12 bits per heavy atom. The quantitative estimate of drug-likeness (QED) is 0.268. The normalized spacial score (nSPS) is 18.8. The lowest BCUT2D eigenvalue weighted by Crippen LogP contribution is -2.34. The Labute approximate surface area is 282 Å². The Balaban J connectivity index is 1.47. The molecule has 4 aromatic carbocycles. The number of hydrogen-bond donors (Lipinski definition) is 1. The molecular formula is C39H43N3O6. The van der Waals surface area contributed by atoms with E-state index in [-0.39, 0.29) is 18.0 Å². The van der Waals surface area contributed by atoms with E-state index in [9.17, 15) is 4.79 Å². The topological polar surface area (TPSA) is 81.7 Å². The molecule has 0 aromatic heterocycles. The molecule has 0 saturated carbocycles. The molecule has 0 unspecified atom stereocenters. The van der Waals surface area contributed by atoms with Crippen molar-refractivity contribution in [2.45, 2.75) is 37.8 Å². The molecule has 250 valence electrons. The first-order valence-electron chi connectivity index (χ1n) is 16.5. The van der Waals surface area contributed by atoms with Gasteiger partial charge < -0.3 is 29.0 Å². The molecule has 0 radical (unpaired) electrons. The van der Waals surface area contributed by atoms with Gasteiger partial charge in [0.2, 0.25) is 5.75 Å². The maximum atomic E-state index is 12.9. The predicted molar refractivity (Wildman–Crippen MR) is 185 cm³/mol. The van der Waals surface area contributed by atoms with Crippen molar-refractivity contribution in [2.24, 2.45) is 0 Å². The van der Waals surface area contributed by atoms with Crippen LogP contribution in [0.2, 0.25) is 0 Å². The van der Waals surface area contributed by atoms with Crippen LogP contribution in [0.4, 0.5) is 0 Å². The second-order valence-electron chi connectivity index (χ2n) is 12.9. The van der Waals surface area contributed by atoms with Crippen LogP contribution in [0.1, 0.15) is 55.8 Å². The molecule has 0 aliphatic carbocycles. The fraction of sp³-hybridized carbons (Fsp3) is 0.359. The number of rotatable bonds is 4. The summed E-state index contributed by atoms with van der Waals surface area (Å²) in [6, 6.07) is 20.5. The van der Waals surface area contributed by atoms with Gasteiger partial charge in [-0.3, -0.25) is 14.6 Å². The lowest BCUT2D eigenvalue weighted by molar-refractivity contribution is 0.0960. The van der Waals surface area contributed by atoms with E-state index in [2.05, 4.69) is 59.5 Å². The molecular weight excluding hydrogens is 606 g/mol. The fourth-order valence-corrected chi connectivity index (χ4v) is 7.45. The summed E-state index contributed by atoms with van der Waals surface area (Å²) >= 11 is 0. The Hall–Kier alpha value is -4.73. The van der Waals surface area contributed by atoms with Crippen molar-refractivity contribution in [3.05, 3.63) is 99.6 Å². The number of carbonyl (C=O) groups is 1. The summed E-state index contributed by atoms with van der Waals surface area (Å²) in [7, 11) is 10.9. The number of methoxy groups -OCH3 is 3. The highest BCUT2D eigenvalue weighted by molar-refractivity contribution is 5.97. The molecule has 6 bridgehead atoms. The second kappa shape index (κ2) is 13.1. The van der Waals surface area contributed by atoms with Gasteiger partial charge in [0.15, 0.2) is 23.0 Å². The molecule has 4 aliphatic heterocycles. The Bertz CT molecular complexity index is 1860. The number of fused-ring (bicyclic) bond motifs is 2. The monoisotopic (exact) mass is 649 g/mol. The van der Waals surface area contributed by atoms with E-state index >= 15 is 0 Å². The molecule has 2 atom stereocenters. The van der Waals surface area contributed by atoms with Crippen molar-refractivity contribution in [1.82, 2.24) is 15.1 Å². The summed E-state index contributed by atoms with van der Waals surface area (Å²) < 4.78 is 31.4. The summed E-state index contributed by atoms with van der Waals surface area (Å²) in [5.41, 5.74) is 7.36. The number of nitrogens with zero attached hydrogens (tertiary/aromatic N) is 2. The fourth-order valence-electron chi connectivity index (χ4n) is 7.45. The van der Waals surface area contributed by atoms with Gasteiger partial charge >= 0.3 is 0 Å². The number of amides is 1. The maximum absolute atomic E-state index is 12.9. The van der Waals surface area contributed by atoms with Crippen LogP contribution in [-0.4, -0.2) is 71.3 Å². The third-order valence-electron chi connectivity index (χ3n) is 10.1. The van der Waals surface area contributed by atoms with Gasteiger partial charge in [0.25, 0.3) is 5.91 Å². The second-order valence-corrected chi connectivity index (χ2v) is 12.9. The van der Waals surface area contributed by atoms with Gasteiger partial charge in [0.1, 0.15) is 11.5 Å². The SMILES string of the molecule is CNC(=O)c1ccc2cc1Oc1ccc(cc1)C[C@H]1c3cc(c(OC)cc3CCN1C)Oc1c(OC)c(OC)cc3c1[C@@H](C2)N(C)CC3. The van der Waals surface area contributed by atoms with Crippen LogP contribution in [0.3, 0.4) is 0 Å². The average Bonchev–Trinajstić information content (AvgIpc) is 3.10. The molecule has 0 spiro atoms. The number of likely N-dealkylation sites (N-methyl/N-ethyl adjacent to an activating group) is 2. The molecule has 8 rings (SSSR count). The smallest absolute Gasteiger partial charge is 0.254 e. The van der Waals surface area contributed by atoms with E-state index < -0.39 is 0 Å². The Morgan fingerprint density at radius 2 is 1.42 bits per heavy atom. The summed E-state index contributed by atoms with van der Waals surface area (Å²) in [5.74, 6) is 4.10. The zero-order valence-electron chi connectivity index (χ0n) is 28.5. The molecule has 4 aromatic rings. The van der Waals surface area contributed by atoms with Crippen molar-refractivity contribution in [1.29, 1.82) is 0 Å². The summed E-state index contributed by atoms with van der Waals surface area (Å²) in [5, 5.41) is 2.76. The number of hydrogen-bond acceptors (Lipinski definition) is 8. The highest BCUT2D eigenvalue weighted by atomic mass is 16.5. The van der Waals surface area contributed by atoms with Crippen molar-refractivity contribution in [3.8, 4) is 40.2 Å². The van der Waals surface area contributed by atoms with Crippen molar-refractivity contribution in [2.75, 3.05) is 55.6 Å². The van der Waals surface area contributed by atoms with Gasteiger partial charge in [-0.25, -0.2) is 0 Å². The molecule has 0 fully saturated rings. The highest BCUT2D eigenvalue weighted by Crippen LogP contribution is 2.51. The standard InChI is InChI=1S/C39H43N3O6/c1-40-39(43)28-12-9-24-18-31-36-26(14-16-42(31)3)21-35(45-5)37(46-6)38(36)48-34-22-29-25(20-33(34)44-4)13-15-41(2)30(29)17-23-7-10-27(11-8-23)47-32(28)19-24/h7-12,19-22,30-31H,13-18H2,1-6H3,(H,40,43)/t30-,31+/m0/s1. The van der Waals surface area contributed by atoms with Gasteiger partial charge in [-0.05, 0) is 110 Å². The molecule has 9 nitrogen and oxygen atoms in total. The molecule has 4 heterocycles. The minimum atomic E-state index is -0.200. The van der Waals surface area contributed by atoms with Crippen molar-refractivity contribution < 1.29 is 28.5 Å². The lowest BCUT2D eigenvalue weighted by atomic mass is 9.87. The average molecular weight is 650 g/mol. The molecule has 1 N–H and O–H groups in total. The predicted octanol–water partition coefficient (Wildman–Crippen LogP) is 6.51. The third kappa shape index (κ3) is 5.71. The van der Waals surface area contributed by atoms with E-state index in [1.165, 1.54) is 16.7 Å².